The summed E-state index contributed by atoms with van der Waals surface area (Å²) in [5.41, 5.74) is 1.18. The molecule has 1 aliphatic rings. The summed E-state index contributed by atoms with van der Waals surface area (Å²) in [6.45, 7) is 0.916. The lowest BCUT2D eigenvalue weighted by Crippen LogP contribution is -2.35. The van der Waals surface area contributed by atoms with E-state index in [0.717, 1.165) is 25.8 Å². The third-order valence-electron chi connectivity index (χ3n) is 4.23. The first-order chi connectivity index (χ1) is 9.49. The summed E-state index contributed by atoms with van der Waals surface area (Å²) in [5.74, 6) is 0.610. The molecule has 0 saturated heterocycles. The number of aliphatic hydroxyl groups is 1. The lowest BCUT2D eigenvalue weighted by atomic mass is 9.75. The van der Waals surface area contributed by atoms with E-state index in [1.165, 1.54) is 12.0 Å². The Morgan fingerprint density at radius 3 is 2.43 bits per heavy atom. The van der Waals surface area contributed by atoms with Crippen LogP contribution in [0.4, 0.5) is 0 Å². The summed E-state index contributed by atoms with van der Waals surface area (Å²) in [4.78, 5) is 2.18. The van der Waals surface area contributed by atoms with Crippen LogP contribution in [0.5, 0.6) is 0 Å². The lowest BCUT2D eigenvalue weighted by molar-refractivity contribution is 0.0494. The molecule has 1 N–H and O–H groups in total. The third kappa shape index (κ3) is 5.01. The fourth-order valence-corrected chi connectivity index (χ4v) is 3.54. The second-order valence-corrected chi connectivity index (χ2v) is 6.87. The normalized spacial score (nSPS) is 23.7. The fraction of sp³-hybridized carbons (Fsp3) is 0.625. The van der Waals surface area contributed by atoms with Gasteiger partial charge in [0, 0.05) is 12.5 Å². The van der Waals surface area contributed by atoms with Gasteiger partial charge in [-0.1, -0.05) is 42.1 Å². The number of hydrogen-bond donors (Lipinski definition) is 1. The maximum absolute atomic E-state index is 10.4. The van der Waals surface area contributed by atoms with Crippen molar-refractivity contribution in [2.24, 2.45) is 5.92 Å². The molecule has 2 nitrogen and oxygen atoms in total. The van der Waals surface area contributed by atoms with Gasteiger partial charge in [0.2, 0.25) is 0 Å². The minimum Gasteiger partial charge on any atom is -0.393 e. The number of halogens is 3. The topological polar surface area (TPSA) is 23.5 Å². The Morgan fingerprint density at radius 2 is 1.86 bits per heavy atom. The number of rotatable bonds is 4. The SMILES string of the molecule is CN(C)CC(c1ccc(Cl)c(Cl)c1)[C@H]1CCCC[C@@H]1O.Cl. The maximum Gasteiger partial charge on any atom is 0.0595 e. The van der Waals surface area contributed by atoms with E-state index in [2.05, 4.69) is 19.0 Å². The zero-order chi connectivity index (χ0) is 14.7. The van der Waals surface area contributed by atoms with Crippen LogP contribution in [0.1, 0.15) is 37.2 Å². The Morgan fingerprint density at radius 1 is 1.19 bits per heavy atom. The van der Waals surface area contributed by atoms with E-state index in [-0.39, 0.29) is 18.5 Å². The molecule has 1 aromatic rings. The minimum absolute atomic E-state index is 0. The first-order valence-electron chi connectivity index (χ1n) is 7.26. The van der Waals surface area contributed by atoms with Crippen molar-refractivity contribution in [3.05, 3.63) is 33.8 Å². The van der Waals surface area contributed by atoms with E-state index >= 15 is 0 Å². The molecule has 120 valence electrons. The highest BCUT2D eigenvalue weighted by Gasteiger charge is 2.32. The van der Waals surface area contributed by atoms with Gasteiger partial charge >= 0.3 is 0 Å². The zero-order valence-electron chi connectivity index (χ0n) is 12.6. The van der Waals surface area contributed by atoms with Gasteiger partial charge in [-0.15, -0.1) is 12.4 Å². The second-order valence-electron chi connectivity index (χ2n) is 6.06. The molecule has 0 amide bonds. The van der Waals surface area contributed by atoms with E-state index < -0.39 is 0 Å². The Labute approximate surface area is 143 Å². The molecule has 1 unspecified atom stereocenters. The molecule has 5 heteroatoms. The predicted octanol–water partition coefficient (Wildman–Crippen LogP) is 4.61. The van der Waals surface area contributed by atoms with Gasteiger partial charge in [0.15, 0.2) is 0 Å². The average molecular weight is 353 g/mol. The van der Waals surface area contributed by atoms with Crippen LogP contribution in [-0.4, -0.2) is 36.8 Å². The average Bonchev–Trinajstić information content (AvgIpc) is 2.40. The molecule has 0 bridgehead atoms. The van der Waals surface area contributed by atoms with Crippen molar-refractivity contribution in [2.75, 3.05) is 20.6 Å². The molecule has 1 aliphatic carbocycles. The van der Waals surface area contributed by atoms with Crippen molar-refractivity contribution >= 4 is 35.6 Å². The van der Waals surface area contributed by atoms with Gasteiger partial charge in [-0.05, 0) is 50.6 Å². The molecule has 0 aliphatic heterocycles. The maximum atomic E-state index is 10.4. The van der Waals surface area contributed by atoms with E-state index in [0.29, 0.717) is 21.9 Å². The molecule has 1 aromatic carbocycles. The third-order valence-corrected chi connectivity index (χ3v) is 4.97. The molecular weight excluding hydrogens is 329 g/mol. The minimum atomic E-state index is -0.205. The Hall–Kier alpha value is 0.01000. The van der Waals surface area contributed by atoms with Gasteiger partial charge in [-0.25, -0.2) is 0 Å². The van der Waals surface area contributed by atoms with Gasteiger partial charge < -0.3 is 10.0 Å². The van der Waals surface area contributed by atoms with Gasteiger partial charge in [0.05, 0.1) is 16.1 Å². The highest BCUT2D eigenvalue weighted by molar-refractivity contribution is 6.42. The van der Waals surface area contributed by atoms with Crippen molar-refractivity contribution in [1.82, 2.24) is 4.90 Å². The van der Waals surface area contributed by atoms with Crippen molar-refractivity contribution in [2.45, 2.75) is 37.7 Å². The Bertz CT molecular complexity index is 453. The molecular formula is C16H24Cl3NO. The van der Waals surface area contributed by atoms with Gasteiger partial charge in [-0.3, -0.25) is 0 Å². The van der Waals surface area contributed by atoms with Crippen LogP contribution < -0.4 is 0 Å². The quantitative estimate of drug-likeness (QED) is 0.855. The van der Waals surface area contributed by atoms with Crippen LogP contribution in [0, 0.1) is 5.92 Å². The van der Waals surface area contributed by atoms with Crippen LogP contribution in [0.2, 0.25) is 10.0 Å². The molecule has 0 heterocycles. The summed E-state index contributed by atoms with van der Waals surface area (Å²) in [5, 5.41) is 11.5. The van der Waals surface area contributed by atoms with E-state index in [9.17, 15) is 5.11 Å². The van der Waals surface area contributed by atoms with Crippen molar-refractivity contribution in [1.29, 1.82) is 0 Å². The molecule has 1 saturated carbocycles. The number of likely N-dealkylation sites (N-methyl/N-ethyl adjacent to an activating group) is 1. The second kappa shape index (κ2) is 8.59. The Balaban J connectivity index is 0.00000220. The highest BCUT2D eigenvalue weighted by Crippen LogP contribution is 2.38. The summed E-state index contributed by atoms with van der Waals surface area (Å²) in [6, 6.07) is 5.86. The summed E-state index contributed by atoms with van der Waals surface area (Å²) < 4.78 is 0. The summed E-state index contributed by atoms with van der Waals surface area (Å²) in [7, 11) is 4.14. The number of benzene rings is 1. The van der Waals surface area contributed by atoms with Crippen LogP contribution in [0.3, 0.4) is 0 Å². The predicted molar refractivity (Wildman–Crippen MR) is 93.0 cm³/mol. The van der Waals surface area contributed by atoms with Crippen molar-refractivity contribution in [3.8, 4) is 0 Å². The monoisotopic (exact) mass is 351 g/mol. The lowest BCUT2D eigenvalue weighted by Gasteiger charge is -2.36. The molecule has 1 fully saturated rings. The number of aliphatic hydroxyl groups excluding tert-OH is 1. The summed E-state index contributed by atoms with van der Waals surface area (Å²) >= 11 is 12.2. The molecule has 21 heavy (non-hydrogen) atoms. The van der Waals surface area contributed by atoms with E-state index in [1.807, 2.05) is 18.2 Å². The van der Waals surface area contributed by atoms with Gasteiger partial charge in [0.25, 0.3) is 0 Å². The number of hydrogen-bond acceptors (Lipinski definition) is 2. The number of nitrogens with zero attached hydrogens (tertiary/aromatic N) is 1. The molecule has 0 aromatic heterocycles. The van der Waals surface area contributed by atoms with Gasteiger partial charge in [-0.2, -0.15) is 0 Å². The molecule has 2 rings (SSSR count). The van der Waals surface area contributed by atoms with Crippen LogP contribution in [-0.2, 0) is 0 Å². The Kier molecular flexibility index (Phi) is 7.80. The smallest absolute Gasteiger partial charge is 0.0595 e. The van der Waals surface area contributed by atoms with Gasteiger partial charge in [0.1, 0.15) is 0 Å². The van der Waals surface area contributed by atoms with Crippen LogP contribution >= 0.6 is 35.6 Å². The molecule has 0 radical (unpaired) electrons. The van der Waals surface area contributed by atoms with Crippen molar-refractivity contribution < 1.29 is 5.11 Å². The van der Waals surface area contributed by atoms with Crippen LogP contribution in [0.25, 0.3) is 0 Å². The first-order valence-corrected chi connectivity index (χ1v) is 8.02. The van der Waals surface area contributed by atoms with Crippen LogP contribution in [0.15, 0.2) is 18.2 Å². The summed E-state index contributed by atoms with van der Waals surface area (Å²) in [6.07, 6.45) is 4.12. The van der Waals surface area contributed by atoms with E-state index in [4.69, 9.17) is 23.2 Å². The zero-order valence-corrected chi connectivity index (χ0v) is 14.9. The molecule has 3 atom stereocenters. The first kappa shape index (κ1) is 19.1. The van der Waals surface area contributed by atoms with Crippen molar-refractivity contribution in [3.63, 3.8) is 0 Å². The van der Waals surface area contributed by atoms with E-state index in [1.54, 1.807) is 0 Å². The fourth-order valence-electron chi connectivity index (χ4n) is 3.23. The molecule has 0 spiro atoms. The highest BCUT2D eigenvalue weighted by atomic mass is 35.5. The standard InChI is InChI=1S/C16H23Cl2NO.ClH/c1-19(2)10-13(12-5-3-4-6-16(12)20)11-7-8-14(17)15(18)9-11;/h7-9,12-13,16,20H,3-6,10H2,1-2H3;1H/t12-,13?,16+;/m1./s1. The largest absolute Gasteiger partial charge is 0.393 e.